The zero-order chi connectivity index (χ0) is 17.1. The molecule has 4 rings (SSSR count). The van der Waals surface area contributed by atoms with E-state index in [1.807, 2.05) is 24.3 Å². The summed E-state index contributed by atoms with van der Waals surface area (Å²) in [5, 5.41) is 1.74. The van der Waals surface area contributed by atoms with Crippen LogP contribution in [0.5, 0.6) is 0 Å². The Kier molecular flexibility index (Phi) is 2.99. The summed E-state index contributed by atoms with van der Waals surface area (Å²) in [5.41, 5.74) is 1.07. The zero-order valence-corrected chi connectivity index (χ0v) is 13.6. The summed E-state index contributed by atoms with van der Waals surface area (Å²) in [5.74, 6) is -0.582. The Bertz CT molecular complexity index is 1160. The van der Waals surface area contributed by atoms with Crippen LogP contribution in [0.3, 0.4) is 0 Å². The van der Waals surface area contributed by atoms with E-state index in [0.29, 0.717) is 11.1 Å². The van der Waals surface area contributed by atoms with E-state index in [2.05, 4.69) is 0 Å². The molecule has 0 amide bonds. The molecule has 3 aromatic carbocycles. The second-order valence-electron chi connectivity index (χ2n) is 5.88. The minimum atomic E-state index is -3.45. The Morgan fingerprint density at radius 2 is 1.17 bits per heavy atom. The topological polar surface area (TPSA) is 68.3 Å². The molecule has 0 aromatic heterocycles. The maximum Gasteiger partial charge on any atom is 0.194 e. The molecule has 0 heterocycles. The third-order valence-electron chi connectivity index (χ3n) is 4.28. The van der Waals surface area contributed by atoms with Gasteiger partial charge in [-0.2, -0.15) is 0 Å². The van der Waals surface area contributed by atoms with E-state index in [1.54, 1.807) is 12.1 Å². The molecule has 118 valence electrons. The molecular weight excluding hydrogens is 324 g/mol. The minimum absolute atomic E-state index is 0.0339. The number of rotatable bonds is 1. The van der Waals surface area contributed by atoms with E-state index < -0.39 is 9.84 Å². The van der Waals surface area contributed by atoms with Crippen molar-refractivity contribution in [1.29, 1.82) is 0 Å². The van der Waals surface area contributed by atoms with Crippen LogP contribution in [0.4, 0.5) is 0 Å². The number of carbonyl (C=O) groups excluding carboxylic acids is 2. The fourth-order valence-corrected chi connectivity index (χ4v) is 3.69. The average molecular weight is 336 g/mol. The quantitative estimate of drug-likeness (QED) is 0.536. The van der Waals surface area contributed by atoms with Gasteiger partial charge in [0.1, 0.15) is 0 Å². The minimum Gasteiger partial charge on any atom is -0.289 e. The summed E-state index contributed by atoms with van der Waals surface area (Å²) in [6.45, 7) is 0. The normalized spacial score (nSPS) is 13.7. The van der Waals surface area contributed by atoms with Gasteiger partial charge in [0, 0.05) is 28.5 Å². The average Bonchev–Trinajstić information content (AvgIpc) is 2.57. The van der Waals surface area contributed by atoms with E-state index in [9.17, 15) is 18.0 Å². The van der Waals surface area contributed by atoms with Gasteiger partial charge in [-0.1, -0.05) is 24.3 Å². The van der Waals surface area contributed by atoms with Crippen molar-refractivity contribution in [2.24, 2.45) is 0 Å². The fraction of sp³-hybridized carbons (Fsp3) is 0.0526. The Morgan fingerprint density at radius 1 is 0.667 bits per heavy atom. The van der Waals surface area contributed by atoms with Crippen molar-refractivity contribution in [3.05, 3.63) is 76.9 Å². The van der Waals surface area contributed by atoms with Gasteiger partial charge < -0.3 is 0 Å². The molecule has 0 unspecified atom stereocenters. The Hall–Kier alpha value is -2.79. The highest BCUT2D eigenvalue weighted by molar-refractivity contribution is 7.90. The van der Waals surface area contributed by atoms with E-state index in [1.165, 1.54) is 18.2 Å². The molecule has 0 N–H and O–H groups in total. The van der Waals surface area contributed by atoms with Gasteiger partial charge in [0.15, 0.2) is 21.4 Å². The first kappa shape index (κ1) is 14.8. The lowest BCUT2D eigenvalue weighted by Gasteiger charge is -2.18. The number of carbonyl (C=O) groups is 2. The van der Waals surface area contributed by atoms with Gasteiger partial charge in [-0.05, 0) is 41.1 Å². The maximum atomic E-state index is 12.8. The van der Waals surface area contributed by atoms with Crippen LogP contribution in [0.2, 0.25) is 0 Å². The molecule has 1 aliphatic rings. The van der Waals surface area contributed by atoms with Gasteiger partial charge in [0.2, 0.25) is 0 Å². The Labute approximate surface area is 138 Å². The lowest BCUT2D eigenvalue weighted by atomic mass is 9.83. The van der Waals surface area contributed by atoms with Crippen LogP contribution in [-0.4, -0.2) is 26.2 Å². The summed E-state index contributed by atoms with van der Waals surface area (Å²) >= 11 is 0. The molecule has 5 heteroatoms. The summed E-state index contributed by atoms with van der Waals surface area (Å²) in [6, 6.07) is 15.0. The fourth-order valence-electron chi connectivity index (χ4n) is 3.05. The van der Waals surface area contributed by atoms with Crippen molar-refractivity contribution in [2.75, 3.05) is 6.26 Å². The molecular formula is C19H12O4S. The summed E-state index contributed by atoms with van der Waals surface area (Å²) in [7, 11) is -3.45. The number of sulfone groups is 1. The standard InChI is InChI=1S/C19H12O4S/c1-24(22,23)13-6-7-14-17(10-13)19(21)16-9-12-5-3-2-4-11(12)8-15(16)18(14)20/h2-10H,1H3. The molecule has 0 fully saturated rings. The first-order valence-corrected chi connectivity index (χ1v) is 9.22. The molecule has 0 bridgehead atoms. The smallest absolute Gasteiger partial charge is 0.194 e. The van der Waals surface area contributed by atoms with Crippen LogP contribution < -0.4 is 0 Å². The van der Waals surface area contributed by atoms with Gasteiger partial charge in [-0.3, -0.25) is 9.59 Å². The molecule has 24 heavy (non-hydrogen) atoms. The van der Waals surface area contributed by atoms with E-state index >= 15 is 0 Å². The molecule has 4 nitrogen and oxygen atoms in total. The van der Waals surface area contributed by atoms with Gasteiger partial charge in [0.25, 0.3) is 0 Å². The number of hydrogen-bond donors (Lipinski definition) is 0. The third kappa shape index (κ3) is 2.09. The highest BCUT2D eigenvalue weighted by Crippen LogP contribution is 2.31. The van der Waals surface area contributed by atoms with Gasteiger partial charge in [-0.25, -0.2) is 8.42 Å². The summed E-state index contributed by atoms with van der Waals surface area (Å²) in [6.07, 6.45) is 1.07. The second-order valence-corrected chi connectivity index (χ2v) is 7.90. The van der Waals surface area contributed by atoms with Gasteiger partial charge in [-0.15, -0.1) is 0 Å². The first-order valence-electron chi connectivity index (χ1n) is 7.32. The van der Waals surface area contributed by atoms with Crippen molar-refractivity contribution >= 4 is 32.2 Å². The predicted molar refractivity (Wildman–Crippen MR) is 90.4 cm³/mol. The maximum absolute atomic E-state index is 12.8. The largest absolute Gasteiger partial charge is 0.289 e. The van der Waals surface area contributed by atoms with Crippen LogP contribution in [0.15, 0.2) is 59.5 Å². The molecule has 3 aromatic rings. The molecule has 0 aliphatic heterocycles. The predicted octanol–water partition coefficient (Wildman–Crippen LogP) is 3.02. The molecule has 0 spiro atoms. The van der Waals surface area contributed by atoms with E-state index in [-0.39, 0.29) is 27.6 Å². The van der Waals surface area contributed by atoms with Crippen LogP contribution >= 0.6 is 0 Å². The van der Waals surface area contributed by atoms with Gasteiger partial charge >= 0.3 is 0 Å². The molecule has 0 saturated carbocycles. The summed E-state index contributed by atoms with van der Waals surface area (Å²) < 4.78 is 23.5. The van der Waals surface area contributed by atoms with E-state index in [0.717, 1.165) is 17.0 Å². The highest BCUT2D eigenvalue weighted by Gasteiger charge is 2.30. The van der Waals surface area contributed by atoms with Crippen molar-refractivity contribution in [3.8, 4) is 0 Å². The molecule has 0 atom stereocenters. The lowest BCUT2D eigenvalue weighted by molar-refractivity contribution is 0.0979. The number of benzene rings is 3. The SMILES string of the molecule is CS(=O)(=O)c1ccc2c(c1)C(=O)c1cc3ccccc3cc1C2=O. The highest BCUT2D eigenvalue weighted by atomic mass is 32.2. The van der Waals surface area contributed by atoms with Crippen molar-refractivity contribution in [2.45, 2.75) is 4.90 Å². The van der Waals surface area contributed by atoms with Crippen molar-refractivity contribution in [3.63, 3.8) is 0 Å². The summed E-state index contributed by atoms with van der Waals surface area (Å²) in [4.78, 5) is 25.6. The second kappa shape index (κ2) is 4.85. The molecule has 1 aliphatic carbocycles. The lowest BCUT2D eigenvalue weighted by Crippen LogP contribution is -2.21. The molecule has 0 radical (unpaired) electrons. The van der Waals surface area contributed by atoms with Crippen LogP contribution in [0.25, 0.3) is 10.8 Å². The van der Waals surface area contributed by atoms with Crippen molar-refractivity contribution < 1.29 is 18.0 Å². The van der Waals surface area contributed by atoms with Crippen molar-refractivity contribution in [1.82, 2.24) is 0 Å². The Balaban J connectivity index is 2.00. The number of fused-ring (bicyclic) bond motifs is 3. The first-order chi connectivity index (χ1) is 11.4. The monoisotopic (exact) mass is 336 g/mol. The van der Waals surface area contributed by atoms with Crippen LogP contribution in [-0.2, 0) is 9.84 Å². The molecule has 0 saturated heterocycles. The van der Waals surface area contributed by atoms with Crippen LogP contribution in [0, 0.1) is 0 Å². The van der Waals surface area contributed by atoms with E-state index in [4.69, 9.17) is 0 Å². The number of hydrogen-bond acceptors (Lipinski definition) is 4. The Morgan fingerprint density at radius 3 is 1.71 bits per heavy atom. The number of ketones is 2. The zero-order valence-electron chi connectivity index (χ0n) is 12.7. The van der Waals surface area contributed by atoms with Crippen LogP contribution in [0.1, 0.15) is 31.8 Å². The third-order valence-corrected chi connectivity index (χ3v) is 5.39. The van der Waals surface area contributed by atoms with Gasteiger partial charge in [0.05, 0.1) is 4.90 Å².